The fourth-order valence-corrected chi connectivity index (χ4v) is 4.42. The van der Waals surface area contributed by atoms with Gasteiger partial charge in [0.1, 0.15) is 16.4 Å². The number of aromatic nitrogens is 3. The highest BCUT2D eigenvalue weighted by atomic mass is 32.2. The molecule has 0 radical (unpaired) electrons. The molecular formula is C15H21N5O3S. The molecule has 0 aromatic carbocycles. The molecule has 0 spiro atoms. The second-order valence-electron chi connectivity index (χ2n) is 6.00. The second-order valence-corrected chi connectivity index (χ2v) is 7.70. The molecule has 1 aliphatic heterocycles. The molecule has 0 saturated carbocycles. The van der Waals surface area contributed by atoms with Gasteiger partial charge in [0.15, 0.2) is 5.76 Å². The largest absolute Gasteiger partial charge is 0.360 e. The SMILES string of the molecule is Cc1noc(C)c1S(=O)(=O)NCC1CCN(c2cnccn2)CC1. The van der Waals surface area contributed by atoms with Crippen LogP contribution in [0.1, 0.15) is 24.3 Å². The van der Waals surface area contributed by atoms with E-state index in [0.29, 0.717) is 23.9 Å². The second kappa shape index (κ2) is 6.86. The van der Waals surface area contributed by atoms with E-state index in [-0.39, 0.29) is 4.90 Å². The summed E-state index contributed by atoms with van der Waals surface area (Å²) >= 11 is 0. The first-order valence-corrected chi connectivity index (χ1v) is 9.39. The van der Waals surface area contributed by atoms with Crippen LogP contribution in [-0.2, 0) is 10.0 Å². The van der Waals surface area contributed by atoms with Crippen LogP contribution in [0.4, 0.5) is 5.82 Å². The van der Waals surface area contributed by atoms with E-state index < -0.39 is 10.0 Å². The van der Waals surface area contributed by atoms with Gasteiger partial charge in [-0.1, -0.05) is 5.16 Å². The lowest BCUT2D eigenvalue weighted by molar-refractivity contribution is 0.389. The van der Waals surface area contributed by atoms with Gasteiger partial charge in [0, 0.05) is 32.0 Å². The van der Waals surface area contributed by atoms with Gasteiger partial charge in [-0.15, -0.1) is 0 Å². The van der Waals surface area contributed by atoms with Crippen molar-refractivity contribution in [2.24, 2.45) is 5.92 Å². The summed E-state index contributed by atoms with van der Waals surface area (Å²) in [5.74, 6) is 1.48. The molecule has 9 heteroatoms. The van der Waals surface area contributed by atoms with Crippen LogP contribution < -0.4 is 9.62 Å². The number of nitrogens with one attached hydrogen (secondary N) is 1. The fourth-order valence-electron chi connectivity index (χ4n) is 2.98. The first kappa shape index (κ1) is 16.8. The van der Waals surface area contributed by atoms with E-state index in [9.17, 15) is 8.42 Å². The molecule has 1 saturated heterocycles. The van der Waals surface area contributed by atoms with Crippen molar-refractivity contribution in [3.05, 3.63) is 30.0 Å². The van der Waals surface area contributed by atoms with Gasteiger partial charge in [0.2, 0.25) is 10.0 Å². The predicted molar refractivity (Wildman–Crippen MR) is 88.1 cm³/mol. The standard InChI is InChI=1S/C15H21N5O3S/c1-11-15(12(2)23-19-11)24(21,22)18-9-13-3-7-20(8-4-13)14-10-16-5-6-17-14/h5-6,10,13,18H,3-4,7-9H2,1-2H3. The van der Waals surface area contributed by atoms with Crippen molar-refractivity contribution in [3.8, 4) is 0 Å². The third kappa shape index (κ3) is 3.57. The topological polar surface area (TPSA) is 101 Å². The van der Waals surface area contributed by atoms with Crippen molar-refractivity contribution in [3.63, 3.8) is 0 Å². The lowest BCUT2D eigenvalue weighted by Gasteiger charge is -2.32. The molecular weight excluding hydrogens is 330 g/mol. The molecule has 0 unspecified atom stereocenters. The Hall–Kier alpha value is -2.00. The lowest BCUT2D eigenvalue weighted by Crippen LogP contribution is -2.39. The van der Waals surface area contributed by atoms with Crippen LogP contribution in [-0.4, -0.2) is 43.2 Å². The van der Waals surface area contributed by atoms with Crippen molar-refractivity contribution in [2.45, 2.75) is 31.6 Å². The Kier molecular flexibility index (Phi) is 4.81. The molecule has 0 aliphatic carbocycles. The zero-order chi connectivity index (χ0) is 17.2. The zero-order valence-electron chi connectivity index (χ0n) is 13.8. The maximum Gasteiger partial charge on any atom is 0.245 e. The molecule has 3 heterocycles. The van der Waals surface area contributed by atoms with Gasteiger partial charge < -0.3 is 9.42 Å². The molecule has 24 heavy (non-hydrogen) atoms. The minimum Gasteiger partial charge on any atom is -0.360 e. The molecule has 0 bridgehead atoms. The third-order valence-electron chi connectivity index (χ3n) is 4.29. The number of hydrogen-bond donors (Lipinski definition) is 1. The van der Waals surface area contributed by atoms with E-state index in [0.717, 1.165) is 31.7 Å². The number of anilines is 1. The summed E-state index contributed by atoms with van der Waals surface area (Å²) in [6, 6.07) is 0. The van der Waals surface area contributed by atoms with Gasteiger partial charge in [0.25, 0.3) is 0 Å². The molecule has 0 atom stereocenters. The maximum absolute atomic E-state index is 12.4. The predicted octanol–water partition coefficient (Wildman–Crippen LogP) is 1.28. The number of sulfonamides is 1. The van der Waals surface area contributed by atoms with E-state index >= 15 is 0 Å². The normalized spacial score (nSPS) is 16.5. The average molecular weight is 351 g/mol. The summed E-state index contributed by atoms with van der Waals surface area (Å²) in [5, 5.41) is 3.71. The monoisotopic (exact) mass is 351 g/mol. The first-order chi connectivity index (χ1) is 11.5. The summed E-state index contributed by atoms with van der Waals surface area (Å²) in [6.45, 7) is 5.34. The van der Waals surface area contributed by atoms with E-state index in [1.165, 1.54) is 0 Å². The summed E-state index contributed by atoms with van der Waals surface area (Å²) < 4.78 is 32.5. The minimum atomic E-state index is -3.59. The third-order valence-corrected chi connectivity index (χ3v) is 5.95. The number of rotatable bonds is 5. The minimum absolute atomic E-state index is 0.152. The molecule has 2 aromatic rings. The average Bonchev–Trinajstić information content (AvgIpc) is 2.94. The number of aryl methyl sites for hydroxylation is 2. The van der Waals surface area contributed by atoms with E-state index in [4.69, 9.17) is 4.52 Å². The molecule has 1 aliphatic rings. The van der Waals surface area contributed by atoms with Crippen molar-refractivity contribution >= 4 is 15.8 Å². The Morgan fingerprint density at radius 3 is 2.62 bits per heavy atom. The molecule has 0 amide bonds. The molecule has 2 aromatic heterocycles. The highest BCUT2D eigenvalue weighted by Crippen LogP contribution is 2.22. The maximum atomic E-state index is 12.4. The fraction of sp³-hybridized carbons (Fsp3) is 0.533. The van der Waals surface area contributed by atoms with Crippen LogP contribution in [0.25, 0.3) is 0 Å². The summed E-state index contributed by atoms with van der Waals surface area (Å²) in [5.41, 5.74) is 0.387. The molecule has 8 nitrogen and oxygen atoms in total. The Labute approximate surface area is 141 Å². The summed E-state index contributed by atoms with van der Waals surface area (Å²) in [6.07, 6.45) is 6.89. The van der Waals surface area contributed by atoms with E-state index in [1.807, 2.05) is 0 Å². The number of hydrogen-bond acceptors (Lipinski definition) is 7. The zero-order valence-corrected chi connectivity index (χ0v) is 14.6. The van der Waals surface area contributed by atoms with Crippen molar-refractivity contribution in [1.82, 2.24) is 19.8 Å². The van der Waals surface area contributed by atoms with Gasteiger partial charge in [-0.3, -0.25) is 4.98 Å². The number of nitrogens with zero attached hydrogens (tertiary/aromatic N) is 4. The molecule has 1 N–H and O–H groups in total. The van der Waals surface area contributed by atoms with Crippen molar-refractivity contribution in [2.75, 3.05) is 24.5 Å². The van der Waals surface area contributed by atoms with Crippen LogP contribution >= 0.6 is 0 Å². The number of piperidine rings is 1. The van der Waals surface area contributed by atoms with Crippen molar-refractivity contribution < 1.29 is 12.9 Å². The van der Waals surface area contributed by atoms with E-state index in [2.05, 4.69) is 24.7 Å². The Morgan fingerprint density at radius 2 is 2.04 bits per heavy atom. The Bertz CT molecular complexity index is 763. The molecule has 1 fully saturated rings. The summed E-state index contributed by atoms with van der Waals surface area (Å²) in [7, 11) is -3.59. The van der Waals surface area contributed by atoms with Gasteiger partial charge >= 0.3 is 0 Å². The van der Waals surface area contributed by atoms with E-state index in [1.54, 1.807) is 32.4 Å². The van der Waals surface area contributed by atoms with Crippen LogP contribution in [0, 0.1) is 19.8 Å². The van der Waals surface area contributed by atoms with Crippen LogP contribution in [0.3, 0.4) is 0 Å². The van der Waals surface area contributed by atoms with Crippen LogP contribution in [0.2, 0.25) is 0 Å². The van der Waals surface area contributed by atoms with Gasteiger partial charge in [-0.25, -0.2) is 18.1 Å². The van der Waals surface area contributed by atoms with Crippen molar-refractivity contribution in [1.29, 1.82) is 0 Å². The Morgan fingerprint density at radius 1 is 1.29 bits per heavy atom. The Balaban J connectivity index is 1.55. The molecule has 3 rings (SSSR count). The van der Waals surface area contributed by atoms with Gasteiger partial charge in [-0.2, -0.15) is 0 Å². The van der Waals surface area contributed by atoms with Gasteiger partial charge in [-0.05, 0) is 32.6 Å². The summed E-state index contributed by atoms with van der Waals surface area (Å²) in [4.78, 5) is 10.7. The van der Waals surface area contributed by atoms with Crippen LogP contribution in [0.5, 0.6) is 0 Å². The quantitative estimate of drug-likeness (QED) is 0.865. The van der Waals surface area contributed by atoms with Crippen LogP contribution in [0.15, 0.2) is 28.0 Å². The highest BCUT2D eigenvalue weighted by Gasteiger charge is 2.26. The lowest BCUT2D eigenvalue weighted by atomic mass is 9.97. The first-order valence-electron chi connectivity index (χ1n) is 7.91. The molecule has 130 valence electrons. The highest BCUT2D eigenvalue weighted by molar-refractivity contribution is 7.89. The van der Waals surface area contributed by atoms with Gasteiger partial charge in [0.05, 0.1) is 6.20 Å². The smallest absolute Gasteiger partial charge is 0.245 e.